The second kappa shape index (κ2) is 10.2. The molecule has 1 fully saturated rings. The summed E-state index contributed by atoms with van der Waals surface area (Å²) < 4.78 is 2.33. The molecule has 3 rings (SSSR count). The van der Waals surface area contributed by atoms with Crippen molar-refractivity contribution in [3.8, 4) is 0 Å². The smallest absolute Gasteiger partial charge is 0.226 e. The molecular weight excluding hydrogens is 400 g/mol. The van der Waals surface area contributed by atoms with Crippen LogP contribution in [0.15, 0.2) is 12.1 Å². The topological polar surface area (TPSA) is 83.4 Å². The third-order valence-corrected chi connectivity index (χ3v) is 6.67. The largest absolute Gasteiger partial charge is 0.348 e. The Balaban J connectivity index is 1.36. The van der Waals surface area contributed by atoms with E-state index >= 15 is 0 Å². The molecule has 164 valence electrons. The Labute approximate surface area is 182 Å². The molecule has 0 radical (unpaired) electrons. The number of aryl methyl sites for hydroxylation is 2. The normalized spacial score (nSPS) is 15.0. The number of amides is 2. The van der Waals surface area contributed by atoms with Crippen molar-refractivity contribution in [2.75, 3.05) is 38.0 Å². The summed E-state index contributed by atoms with van der Waals surface area (Å²) in [5.74, 6) is 0.137. The van der Waals surface area contributed by atoms with Crippen molar-refractivity contribution >= 4 is 28.3 Å². The van der Waals surface area contributed by atoms with Gasteiger partial charge in [-0.15, -0.1) is 10.2 Å². The third kappa shape index (κ3) is 5.89. The van der Waals surface area contributed by atoms with Crippen LogP contribution in [0.5, 0.6) is 0 Å². The number of nitrogens with one attached hydrogen (secondary N) is 1. The van der Waals surface area contributed by atoms with Crippen LogP contribution in [0.4, 0.5) is 5.13 Å². The first-order chi connectivity index (χ1) is 14.3. The minimum atomic E-state index is -0.189. The molecule has 0 saturated carbocycles. The zero-order valence-corrected chi connectivity index (χ0v) is 19.2. The van der Waals surface area contributed by atoms with E-state index in [1.54, 1.807) is 0 Å². The van der Waals surface area contributed by atoms with Crippen molar-refractivity contribution in [3.63, 3.8) is 0 Å². The van der Waals surface area contributed by atoms with Crippen molar-refractivity contribution in [2.24, 2.45) is 0 Å². The van der Waals surface area contributed by atoms with Gasteiger partial charge < -0.3 is 14.8 Å². The van der Waals surface area contributed by atoms with Gasteiger partial charge in [0.25, 0.3) is 0 Å². The Bertz CT molecular complexity index is 847. The molecule has 2 aromatic heterocycles. The SMILES string of the molecule is Cc1ccc(C)n1CCN1CCN(C(=O)CCC(=O)Nc2nnc(C(C)C)s2)CC1. The minimum Gasteiger partial charge on any atom is -0.348 e. The molecule has 1 aliphatic rings. The van der Waals surface area contributed by atoms with Gasteiger partial charge in [0, 0.05) is 69.4 Å². The van der Waals surface area contributed by atoms with Crippen LogP contribution >= 0.6 is 11.3 Å². The molecule has 1 aliphatic heterocycles. The van der Waals surface area contributed by atoms with Crippen LogP contribution in [-0.4, -0.2) is 69.1 Å². The van der Waals surface area contributed by atoms with Crippen LogP contribution < -0.4 is 5.32 Å². The fraction of sp³-hybridized carbons (Fsp3) is 0.619. The number of rotatable bonds is 8. The van der Waals surface area contributed by atoms with E-state index in [1.165, 1.54) is 22.7 Å². The molecule has 3 heterocycles. The van der Waals surface area contributed by atoms with Gasteiger partial charge in [-0.05, 0) is 26.0 Å². The summed E-state index contributed by atoms with van der Waals surface area (Å²) in [7, 11) is 0. The molecule has 0 unspecified atom stereocenters. The number of anilines is 1. The van der Waals surface area contributed by atoms with E-state index in [0.29, 0.717) is 5.13 Å². The molecule has 0 bridgehead atoms. The van der Waals surface area contributed by atoms with Crippen molar-refractivity contribution < 1.29 is 9.59 Å². The first-order valence-corrected chi connectivity index (χ1v) is 11.4. The molecule has 0 atom stereocenters. The quantitative estimate of drug-likeness (QED) is 0.693. The summed E-state index contributed by atoms with van der Waals surface area (Å²) in [5.41, 5.74) is 2.57. The van der Waals surface area contributed by atoms with E-state index in [2.05, 4.69) is 51.0 Å². The number of carbonyl (C=O) groups excluding carboxylic acids is 2. The van der Waals surface area contributed by atoms with E-state index in [4.69, 9.17) is 0 Å². The van der Waals surface area contributed by atoms with Gasteiger partial charge in [-0.3, -0.25) is 14.5 Å². The number of hydrogen-bond donors (Lipinski definition) is 1. The molecular formula is C21H32N6O2S. The van der Waals surface area contributed by atoms with Gasteiger partial charge >= 0.3 is 0 Å². The van der Waals surface area contributed by atoms with Crippen LogP contribution in [0.1, 0.15) is 49.0 Å². The van der Waals surface area contributed by atoms with Crippen molar-refractivity contribution in [1.82, 2.24) is 24.6 Å². The van der Waals surface area contributed by atoms with Gasteiger partial charge in [0.15, 0.2) is 0 Å². The lowest BCUT2D eigenvalue weighted by molar-refractivity contribution is -0.134. The molecule has 9 heteroatoms. The molecule has 1 saturated heterocycles. The molecule has 2 aromatic rings. The first-order valence-electron chi connectivity index (χ1n) is 10.6. The van der Waals surface area contributed by atoms with Gasteiger partial charge in [-0.1, -0.05) is 25.2 Å². The predicted molar refractivity (Wildman–Crippen MR) is 119 cm³/mol. The fourth-order valence-electron chi connectivity index (χ4n) is 3.59. The molecule has 30 heavy (non-hydrogen) atoms. The molecule has 0 aromatic carbocycles. The second-order valence-corrected chi connectivity index (χ2v) is 9.15. The summed E-state index contributed by atoms with van der Waals surface area (Å²) in [5, 5.41) is 12.2. The molecule has 1 N–H and O–H groups in total. The maximum atomic E-state index is 12.5. The van der Waals surface area contributed by atoms with E-state index in [9.17, 15) is 9.59 Å². The van der Waals surface area contributed by atoms with Crippen molar-refractivity contribution in [3.05, 3.63) is 28.5 Å². The van der Waals surface area contributed by atoms with Gasteiger partial charge in [0.2, 0.25) is 16.9 Å². The summed E-state index contributed by atoms with van der Waals surface area (Å²) in [4.78, 5) is 28.9. The van der Waals surface area contributed by atoms with Crippen LogP contribution in [-0.2, 0) is 16.1 Å². The highest BCUT2D eigenvalue weighted by Gasteiger charge is 2.22. The van der Waals surface area contributed by atoms with Gasteiger partial charge in [-0.25, -0.2) is 0 Å². The van der Waals surface area contributed by atoms with E-state index in [1.807, 2.05) is 18.7 Å². The van der Waals surface area contributed by atoms with Crippen LogP contribution in [0.2, 0.25) is 0 Å². The first kappa shape index (κ1) is 22.4. The summed E-state index contributed by atoms with van der Waals surface area (Å²) >= 11 is 1.38. The van der Waals surface area contributed by atoms with E-state index in [0.717, 1.165) is 44.3 Å². The minimum absolute atomic E-state index is 0.0435. The van der Waals surface area contributed by atoms with E-state index < -0.39 is 0 Å². The Hall–Kier alpha value is -2.26. The van der Waals surface area contributed by atoms with Gasteiger partial charge in [0.1, 0.15) is 5.01 Å². The van der Waals surface area contributed by atoms with Crippen LogP contribution in [0.3, 0.4) is 0 Å². The zero-order valence-electron chi connectivity index (χ0n) is 18.3. The highest BCUT2D eigenvalue weighted by atomic mass is 32.1. The average molecular weight is 433 g/mol. The average Bonchev–Trinajstić information content (AvgIpc) is 3.32. The molecule has 0 spiro atoms. The summed E-state index contributed by atoms with van der Waals surface area (Å²) in [6.45, 7) is 13.5. The zero-order chi connectivity index (χ0) is 21.7. The van der Waals surface area contributed by atoms with Crippen molar-refractivity contribution in [2.45, 2.75) is 53.0 Å². The number of hydrogen-bond acceptors (Lipinski definition) is 6. The van der Waals surface area contributed by atoms with Gasteiger partial charge in [-0.2, -0.15) is 0 Å². The number of carbonyl (C=O) groups is 2. The highest BCUT2D eigenvalue weighted by Crippen LogP contribution is 2.22. The number of nitrogens with zero attached hydrogens (tertiary/aromatic N) is 5. The Morgan fingerprint density at radius 1 is 1.03 bits per heavy atom. The third-order valence-electron chi connectivity index (χ3n) is 5.53. The predicted octanol–water partition coefficient (Wildman–Crippen LogP) is 2.64. The lowest BCUT2D eigenvalue weighted by atomic mass is 10.2. The maximum Gasteiger partial charge on any atom is 0.226 e. The van der Waals surface area contributed by atoms with Crippen molar-refractivity contribution in [1.29, 1.82) is 0 Å². The van der Waals surface area contributed by atoms with Gasteiger partial charge in [0.05, 0.1) is 0 Å². The molecule has 8 nitrogen and oxygen atoms in total. The lowest BCUT2D eigenvalue weighted by Gasteiger charge is -2.35. The highest BCUT2D eigenvalue weighted by molar-refractivity contribution is 7.15. The molecule has 2 amide bonds. The van der Waals surface area contributed by atoms with Crippen LogP contribution in [0, 0.1) is 13.8 Å². The van der Waals surface area contributed by atoms with E-state index in [-0.39, 0.29) is 30.6 Å². The number of aromatic nitrogens is 3. The monoisotopic (exact) mass is 432 g/mol. The summed E-state index contributed by atoms with van der Waals surface area (Å²) in [6, 6.07) is 4.30. The maximum absolute atomic E-state index is 12.5. The Kier molecular flexibility index (Phi) is 7.60. The Morgan fingerprint density at radius 3 is 2.30 bits per heavy atom. The fourth-order valence-corrected chi connectivity index (χ4v) is 4.36. The Morgan fingerprint density at radius 2 is 1.70 bits per heavy atom. The lowest BCUT2D eigenvalue weighted by Crippen LogP contribution is -2.49. The summed E-state index contributed by atoms with van der Waals surface area (Å²) in [6.07, 6.45) is 0.394. The standard InChI is InChI=1S/C21H32N6O2S/c1-15(2)20-23-24-21(30-20)22-18(28)7-8-19(29)26-12-9-25(10-13-26)11-14-27-16(3)5-6-17(27)4/h5-6,15H,7-14H2,1-4H3,(H,22,24,28). The molecule has 0 aliphatic carbocycles. The second-order valence-electron chi connectivity index (χ2n) is 8.14. The van der Waals surface area contributed by atoms with Crippen LogP contribution in [0.25, 0.3) is 0 Å². The number of piperazine rings is 1.